The molecule has 1 aliphatic heterocycles. The first kappa shape index (κ1) is 18.5. The second-order valence-corrected chi connectivity index (χ2v) is 5.61. The fourth-order valence-electron chi connectivity index (χ4n) is 2.68. The van der Waals surface area contributed by atoms with E-state index in [0.29, 0.717) is 33.9 Å². The van der Waals surface area contributed by atoms with Crippen LogP contribution in [-0.2, 0) is 22.7 Å². The number of nitro benzene ring substituents is 1. The van der Waals surface area contributed by atoms with E-state index in [-0.39, 0.29) is 25.7 Å². The van der Waals surface area contributed by atoms with E-state index in [9.17, 15) is 14.9 Å². The van der Waals surface area contributed by atoms with Crippen molar-refractivity contribution in [2.45, 2.75) is 13.2 Å². The second kappa shape index (κ2) is 7.92. The van der Waals surface area contributed by atoms with Crippen molar-refractivity contribution in [2.75, 3.05) is 21.0 Å². The van der Waals surface area contributed by atoms with Crippen molar-refractivity contribution in [1.29, 1.82) is 0 Å². The third-order valence-corrected chi connectivity index (χ3v) is 3.95. The van der Waals surface area contributed by atoms with Crippen molar-refractivity contribution in [3.05, 3.63) is 57.1 Å². The van der Waals surface area contributed by atoms with E-state index in [1.54, 1.807) is 6.07 Å². The average Bonchev–Trinajstić information content (AvgIpc) is 2.70. The first-order valence-corrected chi connectivity index (χ1v) is 7.93. The summed E-state index contributed by atoms with van der Waals surface area (Å²) in [5.74, 6) is 0.719. The number of ether oxygens (including phenoxy) is 5. The Morgan fingerprint density at radius 2 is 2.04 bits per heavy atom. The van der Waals surface area contributed by atoms with Crippen LogP contribution >= 0.6 is 0 Å². The molecule has 0 atom stereocenters. The van der Waals surface area contributed by atoms with Gasteiger partial charge in [0.1, 0.15) is 12.4 Å². The Bertz CT molecular complexity index is 880. The number of carbonyl (C=O) groups is 1. The van der Waals surface area contributed by atoms with Gasteiger partial charge in [-0.15, -0.1) is 0 Å². The maximum Gasteiger partial charge on any atom is 0.337 e. The summed E-state index contributed by atoms with van der Waals surface area (Å²) in [4.78, 5) is 22.3. The van der Waals surface area contributed by atoms with Gasteiger partial charge in [0.2, 0.25) is 0 Å². The summed E-state index contributed by atoms with van der Waals surface area (Å²) in [5.41, 5.74) is 1.34. The van der Waals surface area contributed by atoms with E-state index < -0.39 is 10.9 Å². The molecule has 0 aliphatic carbocycles. The number of nitro groups is 1. The quantitative estimate of drug-likeness (QED) is 0.431. The van der Waals surface area contributed by atoms with Gasteiger partial charge in [-0.25, -0.2) is 4.79 Å². The van der Waals surface area contributed by atoms with E-state index in [1.165, 1.54) is 38.5 Å². The van der Waals surface area contributed by atoms with Gasteiger partial charge < -0.3 is 23.7 Å². The average molecular weight is 375 g/mol. The molecule has 0 unspecified atom stereocenters. The summed E-state index contributed by atoms with van der Waals surface area (Å²) in [7, 11) is 2.73. The maximum atomic E-state index is 11.6. The number of hydrogen-bond acceptors (Lipinski definition) is 8. The Balaban J connectivity index is 1.87. The van der Waals surface area contributed by atoms with Gasteiger partial charge in [-0.3, -0.25) is 10.1 Å². The van der Waals surface area contributed by atoms with Crippen molar-refractivity contribution in [3.63, 3.8) is 0 Å². The number of carbonyl (C=O) groups excluding carboxylic acids is 1. The Hall–Kier alpha value is -3.33. The van der Waals surface area contributed by atoms with Crippen LogP contribution in [0.5, 0.6) is 17.2 Å². The SMILES string of the molecule is COC(=O)c1ccc(OCc2cc([N+](=O)[O-])cc3c2OCOC3)c(OC)c1. The molecule has 9 heteroatoms. The zero-order valence-corrected chi connectivity index (χ0v) is 14.7. The van der Waals surface area contributed by atoms with Crippen LogP contribution in [0.1, 0.15) is 21.5 Å². The lowest BCUT2D eigenvalue weighted by Gasteiger charge is -2.21. The zero-order chi connectivity index (χ0) is 19.4. The van der Waals surface area contributed by atoms with Crippen molar-refractivity contribution in [3.8, 4) is 17.2 Å². The number of rotatable bonds is 6. The van der Waals surface area contributed by atoms with Crippen LogP contribution in [0.3, 0.4) is 0 Å². The molecule has 27 heavy (non-hydrogen) atoms. The molecule has 0 N–H and O–H groups in total. The molecule has 0 radical (unpaired) electrons. The van der Waals surface area contributed by atoms with Crippen LogP contribution in [0.25, 0.3) is 0 Å². The van der Waals surface area contributed by atoms with E-state index in [2.05, 4.69) is 4.74 Å². The highest BCUT2D eigenvalue weighted by Crippen LogP contribution is 2.35. The summed E-state index contributed by atoms with van der Waals surface area (Å²) in [6, 6.07) is 7.42. The molecule has 0 saturated heterocycles. The van der Waals surface area contributed by atoms with E-state index in [0.717, 1.165) is 0 Å². The lowest BCUT2D eigenvalue weighted by atomic mass is 10.1. The Morgan fingerprint density at radius 1 is 1.22 bits per heavy atom. The molecule has 3 rings (SSSR count). The number of methoxy groups -OCH3 is 2. The molecular formula is C18H17NO8. The minimum Gasteiger partial charge on any atom is -0.493 e. The molecule has 0 amide bonds. The zero-order valence-electron chi connectivity index (χ0n) is 14.7. The Labute approximate surface area is 154 Å². The molecule has 1 heterocycles. The number of nitrogens with zero attached hydrogens (tertiary/aromatic N) is 1. The minimum atomic E-state index is -0.499. The third kappa shape index (κ3) is 3.93. The highest BCUT2D eigenvalue weighted by molar-refractivity contribution is 5.90. The lowest BCUT2D eigenvalue weighted by Crippen LogP contribution is -2.14. The number of hydrogen-bond donors (Lipinski definition) is 0. The molecule has 0 aromatic heterocycles. The smallest absolute Gasteiger partial charge is 0.337 e. The van der Waals surface area contributed by atoms with Gasteiger partial charge in [-0.2, -0.15) is 0 Å². The summed E-state index contributed by atoms with van der Waals surface area (Å²) in [6.45, 7) is 0.300. The van der Waals surface area contributed by atoms with Gasteiger partial charge >= 0.3 is 5.97 Å². The monoisotopic (exact) mass is 375 g/mol. The van der Waals surface area contributed by atoms with Gasteiger partial charge in [0, 0.05) is 23.3 Å². The van der Waals surface area contributed by atoms with Crippen molar-refractivity contribution in [2.24, 2.45) is 0 Å². The van der Waals surface area contributed by atoms with Crippen LogP contribution in [0, 0.1) is 10.1 Å². The van der Waals surface area contributed by atoms with Crippen molar-refractivity contribution in [1.82, 2.24) is 0 Å². The first-order chi connectivity index (χ1) is 13.0. The molecule has 1 aliphatic rings. The standard InChI is InChI=1S/C18H17NO8/c1-23-16-7-11(18(20)24-2)3-4-15(16)26-9-13-6-14(19(21)22)5-12-8-25-10-27-17(12)13/h3-7H,8-10H2,1-2H3. The van der Waals surface area contributed by atoms with Crippen LogP contribution in [-0.4, -0.2) is 31.9 Å². The van der Waals surface area contributed by atoms with Gasteiger partial charge in [0.05, 0.1) is 31.3 Å². The largest absolute Gasteiger partial charge is 0.493 e. The molecule has 142 valence electrons. The number of fused-ring (bicyclic) bond motifs is 1. The first-order valence-electron chi connectivity index (χ1n) is 7.93. The minimum absolute atomic E-state index is 0.0118. The predicted octanol–water partition coefficient (Wildman–Crippen LogP) is 2.84. The maximum absolute atomic E-state index is 11.6. The molecule has 9 nitrogen and oxygen atoms in total. The summed E-state index contributed by atoms with van der Waals surface area (Å²) in [6.07, 6.45) is 0. The molecule has 0 saturated carbocycles. The van der Waals surface area contributed by atoms with Crippen molar-refractivity contribution < 1.29 is 33.4 Å². The predicted molar refractivity (Wildman–Crippen MR) is 92.0 cm³/mol. The van der Waals surface area contributed by atoms with Crippen LogP contribution in [0.4, 0.5) is 5.69 Å². The molecule has 0 fully saturated rings. The fourth-order valence-corrected chi connectivity index (χ4v) is 2.68. The highest BCUT2D eigenvalue weighted by Gasteiger charge is 2.22. The van der Waals surface area contributed by atoms with Gasteiger partial charge in [0.25, 0.3) is 5.69 Å². The topological polar surface area (TPSA) is 106 Å². The van der Waals surface area contributed by atoms with E-state index in [1.807, 2.05) is 0 Å². The molecule has 2 aromatic carbocycles. The third-order valence-electron chi connectivity index (χ3n) is 3.95. The molecule has 0 bridgehead atoms. The van der Waals surface area contributed by atoms with Crippen molar-refractivity contribution >= 4 is 11.7 Å². The molecule has 2 aromatic rings. The molecular weight excluding hydrogens is 358 g/mol. The van der Waals surface area contributed by atoms with E-state index in [4.69, 9.17) is 18.9 Å². The normalized spacial score (nSPS) is 12.5. The molecule has 0 spiro atoms. The lowest BCUT2D eigenvalue weighted by molar-refractivity contribution is -0.385. The van der Waals surface area contributed by atoms with E-state index >= 15 is 0 Å². The van der Waals surface area contributed by atoms with Gasteiger partial charge in [0.15, 0.2) is 18.3 Å². The second-order valence-electron chi connectivity index (χ2n) is 5.61. The summed E-state index contributed by atoms with van der Waals surface area (Å²) < 4.78 is 26.4. The fraction of sp³-hybridized carbons (Fsp3) is 0.278. The van der Waals surface area contributed by atoms with Gasteiger partial charge in [-0.1, -0.05) is 0 Å². The number of esters is 1. The Kier molecular flexibility index (Phi) is 5.41. The summed E-state index contributed by atoms with van der Waals surface area (Å²) >= 11 is 0. The number of non-ortho nitro benzene ring substituents is 1. The van der Waals surface area contributed by atoms with Gasteiger partial charge in [-0.05, 0) is 18.2 Å². The number of benzene rings is 2. The summed E-state index contributed by atoms with van der Waals surface area (Å²) in [5, 5.41) is 11.2. The van der Waals surface area contributed by atoms with Crippen LogP contribution in [0.2, 0.25) is 0 Å². The van der Waals surface area contributed by atoms with Crippen LogP contribution in [0.15, 0.2) is 30.3 Å². The Morgan fingerprint density at radius 3 is 2.74 bits per heavy atom. The van der Waals surface area contributed by atoms with Crippen LogP contribution < -0.4 is 14.2 Å². The highest BCUT2D eigenvalue weighted by atomic mass is 16.7.